The first-order valence-corrected chi connectivity index (χ1v) is 6.88. The number of hydrogen-bond donors (Lipinski definition) is 0. The average Bonchev–Trinajstić information content (AvgIpc) is 2.49. The maximum Gasteiger partial charge on any atom is 0.269 e. The number of nitro groups is 1. The molecule has 0 bridgehead atoms. The fourth-order valence-electron chi connectivity index (χ4n) is 2.56. The molecule has 0 saturated heterocycles. The van der Waals surface area contributed by atoms with Gasteiger partial charge >= 0.3 is 0 Å². The molecule has 0 N–H and O–H groups in total. The zero-order valence-electron chi connectivity index (χ0n) is 11.2. The molecule has 5 nitrogen and oxygen atoms in total. The van der Waals surface area contributed by atoms with E-state index in [1.807, 2.05) is 0 Å². The average molecular weight is 271 g/mol. The Morgan fingerprint density at radius 3 is 2.50 bits per heavy atom. The zero-order valence-corrected chi connectivity index (χ0v) is 11.2. The molecule has 2 rings (SSSR count). The Morgan fingerprint density at radius 2 is 1.95 bits per heavy atom. The van der Waals surface area contributed by atoms with E-state index in [1.165, 1.54) is 31.4 Å². The van der Waals surface area contributed by atoms with Crippen LogP contribution < -0.4 is 0 Å². The van der Waals surface area contributed by atoms with E-state index in [-0.39, 0.29) is 11.7 Å². The van der Waals surface area contributed by atoms with Gasteiger partial charge < -0.3 is 0 Å². The fourth-order valence-corrected chi connectivity index (χ4v) is 2.56. The molecule has 20 heavy (non-hydrogen) atoms. The summed E-state index contributed by atoms with van der Waals surface area (Å²) >= 11 is 0. The molecular weight excluding hydrogens is 254 g/mol. The summed E-state index contributed by atoms with van der Waals surface area (Å²) in [5, 5.41) is 19.8. The van der Waals surface area contributed by atoms with Crippen molar-refractivity contribution in [1.82, 2.24) is 0 Å². The Labute approximate surface area is 118 Å². The number of benzene rings is 1. The summed E-state index contributed by atoms with van der Waals surface area (Å²) in [6.45, 7) is 0. The number of aliphatic imine (C=N–C) groups is 1. The number of non-ortho nitro benzene ring substituents is 1. The summed E-state index contributed by atoms with van der Waals surface area (Å²) in [4.78, 5) is 14.5. The Morgan fingerprint density at radius 1 is 1.30 bits per heavy atom. The molecule has 1 aliphatic carbocycles. The van der Waals surface area contributed by atoms with Crippen molar-refractivity contribution in [1.29, 1.82) is 5.26 Å². The van der Waals surface area contributed by atoms with Gasteiger partial charge in [-0.2, -0.15) is 5.26 Å². The first kappa shape index (κ1) is 14.2. The second kappa shape index (κ2) is 6.80. The minimum Gasteiger partial charge on any atom is -0.274 e. The van der Waals surface area contributed by atoms with Gasteiger partial charge in [-0.15, -0.1) is 0 Å². The molecule has 1 fully saturated rings. The van der Waals surface area contributed by atoms with E-state index in [0.717, 1.165) is 18.4 Å². The van der Waals surface area contributed by atoms with Gasteiger partial charge in [-0.05, 0) is 36.5 Å². The highest BCUT2D eigenvalue weighted by atomic mass is 16.6. The summed E-state index contributed by atoms with van der Waals surface area (Å²) < 4.78 is 0. The molecular formula is C15H17N3O2. The SMILES string of the molecule is N#C[C@@H](N=Cc1ccc([N+](=O)[O-])cc1)C1CCCCC1. The van der Waals surface area contributed by atoms with Crippen LogP contribution in [0.3, 0.4) is 0 Å². The van der Waals surface area contributed by atoms with Crippen LogP contribution in [0, 0.1) is 27.4 Å². The first-order valence-electron chi connectivity index (χ1n) is 6.88. The molecule has 1 aromatic carbocycles. The van der Waals surface area contributed by atoms with Crippen LogP contribution in [0.2, 0.25) is 0 Å². The van der Waals surface area contributed by atoms with E-state index >= 15 is 0 Å². The third-order valence-corrected chi connectivity index (χ3v) is 3.72. The van der Waals surface area contributed by atoms with E-state index < -0.39 is 4.92 Å². The monoisotopic (exact) mass is 271 g/mol. The van der Waals surface area contributed by atoms with Crippen LogP contribution in [0.5, 0.6) is 0 Å². The fraction of sp³-hybridized carbons (Fsp3) is 0.467. The van der Waals surface area contributed by atoms with Crippen LogP contribution >= 0.6 is 0 Å². The molecule has 0 radical (unpaired) electrons. The van der Waals surface area contributed by atoms with Gasteiger partial charge in [0.15, 0.2) is 0 Å². The van der Waals surface area contributed by atoms with Gasteiger partial charge in [0.25, 0.3) is 5.69 Å². The van der Waals surface area contributed by atoms with Crippen LogP contribution in [0.4, 0.5) is 5.69 Å². The van der Waals surface area contributed by atoms with Crippen molar-refractivity contribution in [2.24, 2.45) is 10.9 Å². The highest BCUT2D eigenvalue weighted by molar-refractivity contribution is 5.80. The van der Waals surface area contributed by atoms with Gasteiger partial charge in [-0.25, -0.2) is 0 Å². The van der Waals surface area contributed by atoms with Crippen molar-refractivity contribution in [2.75, 3.05) is 0 Å². The third-order valence-electron chi connectivity index (χ3n) is 3.72. The second-order valence-corrected chi connectivity index (χ2v) is 5.10. The van der Waals surface area contributed by atoms with Gasteiger partial charge in [-0.3, -0.25) is 15.1 Å². The topological polar surface area (TPSA) is 79.3 Å². The van der Waals surface area contributed by atoms with Crippen LogP contribution in [-0.2, 0) is 0 Å². The van der Waals surface area contributed by atoms with E-state index in [0.29, 0.717) is 5.92 Å². The maximum atomic E-state index is 10.6. The maximum absolute atomic E-state index is 10.6. The Balaban J connectivity index is 2.03. The molecule has 0 aliphatic heterocycles. The van der Waals surface area contributed by atoms with Crippen molar-refractivity contribution >= 4 is 11.9 Å². The number of rotatable bonds is 4. The van der Waals surface area contributed by atoms with Crippen LogP contribution in [-0.4, -0.2) is 17.2 Å². The summed E-state index contributed by atoms with van der Waals surface area (Å²) in [5.41, 5.74) is 0.845. The summed E-state index contributed by atoms with van der Waals surface area (Å²) in [7, 11) is 0. The van der Waals surface area contributed by atoms with Crippen molar-refractivity contribution in [3.63, 3.8) is 0 Å². The zero-order chi connectivity index (χ0) is 14.4. The van der Waals surface area contributed by atoms with Gasteiger partial charge in [0.2, 0.25) is 0 Å². The van der Waals surface area contributed by atoms with E-state index in [4.69, 9.17) is 0 Å². The summed E-state index contributed by atoms with van der Waals surface area (Å²) in [6, 6.07) is 8.16. The smallest absolute Gasteiger partial charge is 0.269 e. The van der Waals surface area contributed by atoms with Gasteiger partial charge in [0.05, 0.1) is 11.0 Å². The third kappa shape index (κ3) is 3.64. The lowest BCUT2D eigenvalue weighted by atomic mass is 9.84. The molecule has 1 atom stereocenters. The molecule has 1 saturated carbocycles. The molecule has 0 unspecified atom stereocenters. The highest BCUT2D eigenvalue weighted by Gasteiger charge is 2.22. The quantitative estimate of drug-likeness (QED) is 0.477. The van der Waals surface area contributed by atoms with Crippen molar-refractivity contribution in [2.45, 2.75) is 38.1 Å². The normalized spacial score (nSPS) is 17.8. The minimum atomic E-state index is -0.430. The summed E-state index contributed by atoms with van der Waals surface area (Å²) in [6.07, 6.45) is 7.38. The van der Waals surface area contributed by atoms with Crippen LogP contribution in [0.1, 0.15) is 37.7 Å². The first-order chi connectivity index (χ1) is 9.70. The lowest BCUT2D eigenvalue weighted by Gasteiger charge is -2.23. The molecule has 0 aromatic heterocycles. The van der Waals surface area contributed by atoms with Gasteiger partial charge in [-0.1, -0.05) is 19.3 Å². The van der Waals surface area contributed by atoms with Gasteiger partial charge in [0, 0.05) is 18.3 Å². The largest absolute Gasteiger partial charge is 0.274 e. The Bertz CT molecular complexity index is 525. The molecule has 0 spiro atoms. The van der Waals surface area contributed by atoms with Gasteiger partial charge in [0.1, 0.15) is 6.04 Å². The van der Waals surface area contributed by atoms with E-state index in [2.05, 4.69) is 11.1 Å². The number of nitrogens with zero attached hydrogens (tertiary/aromatic N) is 3. The molecule has 104 valence electrons. The lowest BCUT2D eigenvalue weighted by Crippen LogP contribution is -2.20. The molecule has 1 aliphatic rings. The molecule has 5 heteroatoms. The number of nitro benzene ring substituents is 1. The molecule has 0 heterocycles. The van der Waals surface area contributed by atoms with Crippen molar-refractivity contribution in [3.8, 4) is 6.07 Å². The predicted octanol–water partition coefficient (Wildman–Crippen LogP) is 3.49. The van der Waals surface area contributed by atoms with Crippen LogP contribution in [0.25, 0.3) is 0 Å². The standard InChI is InChI=1S/C15H17N3O2/c16-10-15(13-4-2-1-3-5-13)17-11-12-6-8-14(9-7-12)18(19)20/h6-9,11,13,15H,1-5H2/t15-/m1/s1. The van der Waals surface area contributed by atoms with E-state index in [9.17, 15) is 15.4 Å². The predicted molar refractivity (Wildman–Crippen MR) is 76.7 cm³/mol. The Kier molecular flexibility index (Phi) is 4.83. The van der Waals surface area contributed by atoms with Crippen molar-refractivity contribution < 1.29 is 4.92 Å². The molecule has 1 aromatic rings. The van der Waals surface area contributed by atoms with Crippen LogP contribution in [0.15, 0.2) is 29.3 Å². The molecule has 0 amide bonds. The summed E-state index contributed by atoms with van der Waals surface area (Å²) in [5.74, 6) is 0.350. The Hall–Kier alpha value is -2.22. The number of hydrogen-bond acceptors (Lipinski definition) is 4. The lowest BCUT2D eigenvalue weighted by molar-refractivity contribution is -0.384. The van der Waals surface area contributed by atoms with E-state index in [1.54, 1.807) is 18.3 Å². The second-order valence-electron chi connectivity index (χ2n) is 5.10. The highest BCUT2D eigenvalue weighted by Crippen LogP contribution is 2.27. The van der Waals surface area contributed by atoms with Crippen molar-refractivity contribution in [3.05, 3.63) is 39.9 Å². The minimum absolute atomic E-state index is 0.0614. The number of nitriles is 1.